The number of nitrogens with zero attached hydrogens (tertiary/aromatic N) is 1. The van der Waals surface area contributed by atoms with Crippen LogP contribution in [-0.2, 0) is 15.2 Å². The molecule has 3 N–H and O–H groups in total. The molecule has 1 aliphatic rings. The van der Waals surface area contributed by atoms with Crippen molar-refractivity contribution in [3.8, 4) is 0 Å². The van der Waals surface area contributed by atoms with E-state index in [2.05, 4.69) is 0 Å². The average molecular weight is 359 g/mol. The second-order valence-electron chi connectivity index (χ2n) is 5.84. The highest BCUT2D eigenvalue weighted by molar-refractivity contribution is 6.30. The number of halogens is 1. The number of anilines is 1. The number of ketones is 1. The zero-order valence-electron chi connectivity index (χ0n) is 13.1. The van der Waals surface area contributed by atoms with Crippen LogP contribution in [0, 0.1) is 0 Å². The van der Waals surface area contributed by atoms with E-state index in [1.54, 1.807) is 36.4 Å². The van der Waals surface area contributed by atoms with Crippen LogP contribution in [0.2, 0.25) is 5.02 Å². The van der Waals surface area contributed by atoms with Crippen LogP contribution >= 0.6 is 11.6 Å². The van der Waals surface area contributed by atoms with Gasteiger partial charge in [-0.1, -0.05) is 29.8 Å². The molecule has 0 saturated carbocycles. The van der Waals surface area contributed by atoms with Gasteiger partial charge in [0.2, 0.25) is 5.91 Å². The van der Waals surface area contributed by atoms with Crippen LogP contribution in [0.4, 0.5) is 5.69 Å². The first-order chi connectivity index (χ1) is 11.8. The first-order valence-electron chi connectivity index (χ1n) is 7.54. The molecule has 7 heteroatoms. The van der Waals surface area contributed by atoms with Crippen LogP contribution in [0.1, 0.15) is 22.3 Å². The summed E-state index contributed by atoms with van der Waals surface area (Å²) in [5, 5.41) is 11.5. The number of hydrogen-bond acceptors (Lipinski definition) is 4. The summed E-state index contributed by atoms with van der Waals surface area (Å²) in [5.74, 6) is -1.87. The van der Waals surface area contributed by atoms with E-state index in [0.717, 1.165) is 4.90 Å². The second-order valence-corrected chi connectivity index (χ2v) is 6.28. The van der Waals surface area contributed by atoms with Crippen LogP contribution < -0.4 is 10.6 Å². The van der Waals surface area contributed by atoms with Crippen LogP contribution in [-0.4, -0.2) is 29.2 Å². The van der Waals surface area contributed by atoms with Gasteiger partial charge >= 0.3 is 0 Å². The summed E-state index contributed by atoms with van der Waals surface area (Å²) < 4.78 is 0. The van der Waals surface area contributed by atoms with Gasteiger partial charge in [-0.3, -0.25) is 19.3 Å². The van der Waals surface area contributed by atoms with E-state index >= 15 is 0 Å². The van der Waals surface area contributed by atoms with Crippen molar-refractivity contribution >= 4 is 34.9 Å². The standard InChI is InChI=1S/C18H15ClN2O4/c19-12-7-5-11(6-8-12)15(22)9-18(25)13-3-1-2-4-14(13)21(17(18)24)10-16(20)23/h1-8,25H,9-10H2,(H2,20,23)/t18-/m1/s1. The van der Waals surface area contributed by atoms with Gasteiger partial charge in [-0.05, 0) is 30.3 Å². The molecule has 1 aliphatic heterocycles. The van der Waals surface area contributed by atoms with Crippen molar-refractivity contribution in [2.24, 2.45) is 5.73 Å². The molecule has 0 aromatic heterocycles. The van der Waals surface area contributed by atoms with Crippen molar-refractivity contribution in [2.75, 3.05) is 11.4 Å². The summed E-state index contributed by atoms with van der Waals surface area (Å²) in [6.07, 6.45) is -0.445. The Kier molecular flexibility index (Phi) is 4.32. The van der Waals surface area contributed by atoms with E-state index in [9.17, 15) is 19.5 Å². The Morgan fingerprint density at radius 3 is 2.40 bits per heavy atom. The van der Waals surface area contributed by atoms with Gasteiger partial charge in [-0.15, -0.1) is 0 Å². The molecule has 0 radical (unpaired) electrons. The predicted molar refractivity (Wildman–Crippen MR) is 92.3 cm³/mol. The average Bonchev–Trinajstić information content (AvgIpc) is 2.77. The second kappa shape index (κ2) is 6.31. The zero-order chi connectivity index (χ0) is 18.2. The van der Waals surface area contributed by atoms with E-state index in [1.165, 1.54) is 12.1 Å². The van der Waals surface area contributed by atoms with Crippen LogP contribution in [0.5, 0.6) is 0 Å². The maximum absolute atomic E-state index is 12.7. The SMILES string of the molecule is NC(=O)CN1C(=O)[C@@](O)(CC(=O)c2ccc(Cl)cc2)c2ccccc21. The highest BCUT2D eigenvalue weighted by Crippen LogP contribution is 2.42. The van der Waals surface area contributed by atoms with Crippen LogP contribution in [0.25, 0.3) is 0 Å². The molecule has 1 heterocycles. The first-order valence-corrected chi connectivity index (χ1v) is 7.91. The predicted octanol–water partition coefficient (Wildman–Crippen LogP) is 1.63. The number of Topliss-reactive ketones (excluding diaryl/α,β-unsaturated/α-hetero) is 1. The lowest BCUT2D eigenvalue weighted by Gasteiger charge is -2.22. The fourth-order valence-corrected chi connectivity index (χ4v) is 3.09. The Morgan fingerprint density at radius 2 is 1.76 bits per heavy atom. The number of rotatable bonds is 5. The molecule has 0 saturated heterocycles. The zero-order valence-corrected chi connectivity index (χ0v) is 13.9. The number of primary amides is 1. The smallest absolute Gasteiger partial charge is 0.264 e. The molecule has 0 aliphatic carbocycles. The number of fused-ring (bicyclic) bond motifs is 1. The number of amides is 2. The third kappa shape index (κ3) is 3.01. The van der Waals surface area contributed by atoms with Gasteiger partial charge in [0.05, 0.1) is 12.1 Å². The normalized spacial score (nSPS) is 19.0. The molecule has 0 bridgehead atoms. The van der Waals surface area contributed by atoms with E-state index in [4.69, 9.17) is 17.3 Å². The van der Waals surface area contributed by atoms with Crippen molar-refractivity contribution in [3.63, 3.8) is 0 Å². The maximum atomic E-state index is 12.7. The first kappa shape index (κ1) is 17.1. The summed E-state index contributed by atoms with van der Waals surface area (Å²) in [6.45, 7) is -0.368. The molecule has 25 heavy (non-hydrogen) atoms. The Morgan fingerprint density at radius 1 is 1.12 bits per heavy atom. The summed E-state index contributed by atoms with van der Waals surface area (Å²) in [6, 6.07) is 12.7. The third-order valence-electron chi connectivity index (χ3n) is 4.14. The van der Waals surface area contributed by atoms with Gasteiger partial charge in [0.1, 0.15) is 6.54 Å². The Bertz CT molecular complexity index is 866. The lowest BCUT2D eigenvalue weighted by atomic mass is 9.88. The highest BCUT2D eigenvalue weighted by Gasteiger charge is 2.51. The monoisotopic (exact) mass is 358 g/mol. The molecule has 2 aromatic carbocycles. The molecular formula is C18H15ClN2O4. The van der Waals surface area contributed by atoms with Crippen LogP contribution in [0.3, 0.4) is 0 Å². The number of carbonyl (C=O) groups is 3. The molecule has 2 amide bonds. The Labute approximate surface area is 148 Å². The van der Waals surface area contributed by atoms with E-state index in [1.807, 2.05) is 0 Å². The largest absolute Gasteiger partial charge is 0.375 e. The van der Waals surface area contributed by atoms with Crippen molar-refractivity contribution in [2.45, 2.75) is 12.0 Å². The third-order valence-corrected chi connectivity index (χ3v) is 4.39. The number of aliphatic hydroxyl groups is 1. The summed E-state index contributed by atoms with van der Waals surface area (Å²) in [4.78, 5) is 37.6. The fraction of sp³-hybridized carbons (Fsp3) is 0.167. The molecule has 0 unspecified atom stereocenters. The Balaban J connectivity index is 1.96. The molecule has 1 atom stereocenters. The molecule has 0 fully saturated rings. The number of benzene rings is 2. The number of hydrogen-bond donors (Lipinski definition) is 2. The van der Waals surface area contributed by atoms with Crippen molar-refractivity contribution < 1.29 is 19.5 Å². The van der Waals surface area contributed by atoms with Crippen molar-refractivity contribution in [3.05, 3.63) is 64.7 Å². The molecule has 128 valence electrons. The van der Waals surface area contributed by atoms with Gasteiger partial charge in [-0.25, -0.2) is 0 Å². The van der Waals surface area contributed by atoms with Gasteiger partial charge in [0.15, 0.2) is 11.4 Å². The maximum Gasteiger partial charge on any atom is 0.264 e. The van der Waals surface area contributed by atoms with Crippen LogP contribution in [0.15, 0.2) is 48.5 Å². The minimum Gasteiger partial charge on any atom is -0.375 e. The van der Waals surface area contributed by atoms with E-state index < -0.39 is 29.6 Å². The molecule has 0 spiro atoms. The highest BCUT2D eigenvalue weighted by atomic mass is 35.5. The van der Waals surface area contributed by atoms with Crippen molar-refractivity contribution in [1.29, 1.82) is 0 Å². The van der Waals surface area contributed by atoms with Gasteiger partial charge < -0.3 is 10.8 Å². The molecule has 2 aromatic rings. The van der Waals surface area contributed by atoms with Gasteiger partial charge in [-0.2, -0.15) is 0 Å². The lowest BCUT2D eigenvalue weighted by Crippen LogP contribution is -2.44. The minimum absolute atomic E-state index is 0.281. The van der Waals surface area contributed by atoms with E-state index in [0.29, 0.717) is 16.3 Å². The summed E-state index contributed by atoms with van der Waals surface area (Å²) in [5.41, 5.74) is 4.14. The lowest BCUT2D eigenvalue weighted by molar-refractivity contribution is -0.136. The summed E-state index contributed by atoms with van der Waals surface area (Å²) in [7, 11) is 0. The van der Waals surface area contributed by atoms with Gasteiger partial charge in [0.25, 0.3) is 5.91 Å². The molecular weight excluding hydrogens is 344 g/mol. The topological polar surface area (TPSA) is 101 Å². The Hall–Kier alpha value is -2.70. The van der Waals surface area contributed by atoms with Gasteiger partial charge in [0, 0.05) is 16.1 Å². The van der Waals surface area contributed by atoms with E-state index in [-0.39, 0.29) is 12.1 Å². The van der Waals surface area contributed by atoms with Crippen molar-refractivity contribution in [1.82, 2.24) is 0 Å². The number of para-hydroxylation sites is 1. The quantitative estimate of drug-likeness (QED) is 0.793. The minimum atomic E-state index is -2.04. The summed E-state index contributed by atoms with van der Waals surface area (Å²) >= 11 is 5.81. The number of carbonyl (C=O) groups excluding carboxylic acids is 3. The fourth-order valence-electron chi connectivity index (χ4n) is 2.96. The number of nitrogens with two attached hydrogens (primary N) is 1. The molecule has 6 nitrogen and oxygen atoms in total. The molecule has 3 rings (SSSR count).